The number of benzene rings is 2. The van der Waals surface area contributed by atoms with Crippen molar-refractivity contribution in [1.29, 1.82) is 0 Å². The Morgan fingerprint density at radius 2 is 1.86 bits per heavy atom. The number of fused-ring (bicyclic) bond motifs is 1. The average molecular weight is 493 g/mol. The maximum atomic E-state index is 11.4. The number of amides is 1. The van der Waals surface area contributed by atoms with Crippen LogP contribution in [0.25, 0.3) is 22.2 Å². The Hall–Kier alpha value is -3.23. The van der Waals surface area contributed by atoms with E-state index in [-0.39, 0.29) is 11.8 Å². The largest absolute Gasteiger partial charge is 0.493 e. The van der Waals surface area contributed by atoms with Gasteiger partial charge in [-0.25, -0.2) is 9.97 Å². The number of rotatable bonds is 11. The van der Waals surface area contributed by atoms with Crippen LogP contribution in [0.2, 0.25) is 0 Å². The molecule has 4 rings (SSSR count). The smallest absolute Gasteiger partial charge is 0.220 e. The minimum Gasteiger partial charge on any atom is -0.493 e. The molecule has 1 atom stereocenters. The number of carbonyl (C=O) groups is 1. The van der Waals surface area contributed by atoms with E-state index in [0.717, 1.165) is 66.8 Å². The van der Waals surface area contributed by atoms with E-state index in [4.69, 9.17) is 19.9 Å². The standard InChI is InChI=1S/C28H36N4O4/c1-19(28(29)33)14-20-4-6-22(7-5-20)27-23-15-25(35-3)26(16-24(23)30-18-31-27)36-17-21-8-10-32(11-9-21)12-13-34-2/h4-7,15-16,18-19,21H,8-14,17H2,1-3H3,(H2,29,33). The van der Waals surface area contributed by atoms with Crippen LogP contribution in [0.3, 0.4) is 0 Å². The fraction of sp³-hybridized carbons (Fsp3) is 0.464. The van der Waals surface area contributed by atoms with E-state index >= 15 is 0 Å². The maximum Gasteiger partial charge on any atom is 0.220 e. The van der Waals surface area contributed by atoms with Crippen molar-refractivity contribution < 1.29 is 19.0 Å². The number of nitrogens with zero attached hydrogens (tertiary/aromatic N) is 3. The molecule has 8 nitrogen and oxygen atoms in total. The van der Waals surface area contributed by atoms with Gasteiger partial charge in [0.25, 0.3) is 0 Å². The van der Waals surface area contributed by atoms with Gasteiger partial charge < -0.3 is 24.8 Å². The van der Waals surface area contributed by atoms with E-state index in [1.807, 2.05) is 43.3 Å². The molecule has 2 aromatic carbocycles. The van der Waals surface area contributed by atoms with Crippen molar-refractivity contribution in [2.24, 2.45) is 17.6 Å². The van der Waals surface area contributed by atoms with Crippen LogP contribution in [0.1, 0.15) is 25.3 Å². The molecule has 2 heterocycles. The number of likely N-dealkylation sites (tertiary alicyclic amines) is 1. The molecule has 0 radical (unpaired) electrons. The van der Waals surface area contributed by atoms with Crippen LogP contribution < -0.4 is 15.2 Å². The number of piperidine rings is 1. The summed E-state index contributed by atoms with van der Waals surface area (Å²) < 4.78 is 17.1. The molecule has 36 heavy (non-hydrogen) atoms. The number of primary amides is 1. The van der Waals surface area contributed by atoms with Gasteiger partial charge in [0.1, 0.15) is 6.33 Å². The summed E-state index contributed by atoms with van der Waals surface area (Å²) in [5.74, 6) is 1.39. The zero-order valence-electron chi connectivity index (χ0n) is 21.4. The van der Waals surface area contributed by atoms with E-state index in [0.29, 0.717) is 30.4 Å². The summed E-state index contributed by atoms with van der Waals surface area (Å²) in [5, 5.41) is 0.895. The van der Waals surface area contributed by atoms with Crippen molar-refractivity contribution in [1.82, 2.24) is 14.9 Å². The van der Waals surface area contributed by atoms with Gasteiger partial charge >= 0.3 is 0 Å². The highest BCUT2D eigenvalue weighted by Gasteiger charge is 2.21. The number of ether oxygens (including phenoxy) is 3. The minimum atomic E-state index is -0.293. The lowest BCUT2D eigenvalue weighted by molar-refractivity contribution is -0.121. The number of hydrogen-bond donors (Lipinski definition) is 1. The second-order valence-electron chi connectivity index (χ2n) is 9.54. The highest BCUT2D eigenvalue weighted by atomic mass is 16.5. The van der Waals surface area contributed by atoms with E-state index in [9.17, 15) is 4.79 Å². The van der Waals surface area contributed by atoms with Gasteiger partial charge in [-0.1, -0.05) is 31.2 Å². The summed E-state index contributed by atoms with van der Waals surface area (Å²) in [6, 6.07) is 11.9. The van der Waals surface area contributed by atoms with E-state index in [1.165, 1.54) is 0 Å². The van der Waals surface area contributed by atoms with Crippen molar-refractivity contribution in [3.8, 4) is 22.8 Å². The van der Waals surface area contributed by atoms with Gasteiger partial charge in [-0.15, -0.1) is 0 Å². The predicted molar refractivity (Wildman–Crippen MR) is 140 cm³/mol. The molecule has 0 bridgehead atoms. The third kappa shape index (κ3) is 6.30. The Kier molecular flexibility index (Phi) is 8.72. The molecule has 0 saturated carbocycles. The number of aromatic nitrogens is 2. The lowest BCUT2D eigenvalue weighted by Gasteiger charge is -2.31. The summed E-state index contributed by atoms with van der Waals surface area (Å²) in [5.41, 5.74) is 9.06. The van der Waals surface area contributed by atoms with Crippen LogP contribution in [-0.2, 0) is 16.0 Å². The maximum absolute atomic E-state index is 11.4. The highest BCUT2D eigenvalue weighted by molar-refractivity contribution is 5.94. The van der Waals surface area contributed by atoms with Gasteiger partial charge in [-0.05, 0) is 49.9 Å². The Bertz CT molecular complexity index is 1160. The van der Waals surface area contributed by atoms with Crippen LogP contribution in [-0.4, -0.2) is 67.8 Å². The lowest BCUT2D eigenvalue weighted by atomic mass is 9.97. The van der Waals surface area contributed by atoms with Gasteiger partial charge in [-0.3, -0.25) is 4.79 Å². The van der Waals surface area contributed by atoms with E-state index < -0.39 is 0 Å². The topological polar surface area (TPSA) is 99.8 Å². The number of nitrogens with two attached hydrogens (primary N) is 1. The molecule has 192 valence electrons. The summed E-state index contributed by atoms with van der Waals surface area (Å²) in [4.78, 5) is 22.9. The Morgan fingerprint density at radius 1 is 1.11 bits per heavy atom. The summed E-state index contributed by atoms with van der Waals surface area (Å²) in [6.45, 7) is 6.40. The van der Waals surface area contributed by atoms with Crippen LogP contribution in [0, 0.1) is 11.8 Å². The van der Waals surface area contributed by atoms with Crippen LogP contribution in [0.15, 0.2) is 42.7 Å². The molecule has 1 unspecified atom stereocenters. The fourth-order valence-electron chi connectivity index (χ4n) is 4.62. The van der Waals surface area contributed by atoms with E-state index in [1.54, 1.807) is 20.5 Å². The number of carbonyl (C=O) groups excluding carboxylic acids is 1. The lowest BCUT2D eigenvalue weighted by Crippen LogP contribution is -2.37. The van der Waals surface area contributed by atoms with Crippen molar-refractivity contribution in [2.45, 2.75) is 26.2 Å². The van der Waals surface area contributed by atoms with Gasteiger partial charge in [0.2, 0.25) is 5.91 Å². The molecule has 1 aromatic heterocycles. The molecule has 0 aliphatic carbocycles. The van der Waals surface area contributed by atoms with Gasteiger partial charge in [0.05, 0.1) is 31.5 Å². The molecule has 3 aromatic rings. The van der Waals surface area contributed by atoms with Crippen molar-refractivity contribution in [2.75, 3.05) is 47.1 Å². The van der Waals surface area contributed by atoms with Crippen molar-refractivity contribution >= 4 is 16.8 Å². The summed E-state index contributed by atoms with van der Waals surface area (Å²) in [6.07, 6.45) is 4.41. The first-order valence-electron chi connectivity index (χ1n) is 12.5. The van der Waals surface area contributed by atoms with Gasteiger partial charge in [-0.2, -0.15) is 0 Å². The Morgan fingerprint density at radius 3 is 2.53 bits per heavy atom. The first-order valence-corrected chi connectivity index (χ1v) is 12.5. The Labute approximate surface area is 212 Å². The second-order valence-corrected chi connectivity index (χ2v) is 9.54. The fourth-order valence-corrected chi connectivity index (χ4v) is 4.62. The number of hydrogen-bond acceptors (Lipinski definition) is 7. The van der Waals surface area contributed by atoms with Crippen LogP contribution in [0.5, 0.6) is 11.5 Å². The minimum absolute atomic E-state index is 0.207. The van der Waals surface area contributed by atoms with Crippen LogP contribution >= 0.6 is 0 Å². The third-order valence-electron chi connectivity index (χ3n) is 6.97. The molecule has 1 aliphatic rings. The van der Waals surface area contributed by atoms with Crippen LogP contribution in [0.4, 0.5) is 0 Å². The van der Waals surface area contributed by atoms with E-state index in [2.05, 4.69) is 14.9 Å². The molecule has 8 heteroatoms. The Balaban J connectivity index is 1.48. The zero-order valence-corrected chi connectivity index (χ0v) is 21.4. The quantitative estimate of drug-likeness (QED) is 0.436. The van der Waals surface area contributed by atoms with Crippen molar-refractivity contribution in [3.05, 3.63) is 48.3 Å². The normalized spacial score (nSPS) is 15.6. The van der Waals surface area contributed by atoms with Gasteiger partial charge in [0, 0.05) is 36.6 Å². The second kappa shape index (κ2) is 12.1. The highest BCUT2D eigenvalue weighted by Crippen LogP contribution is 2.36. The first kappa shape index (κ1) is 25.9. The third-order valence-corrected chi connectivity index (χ3v) is 6.97. The molecule has 1 amide bonds. The molecule has 1 aliphatic heterocycles. The monoisotopic (exact) mass is 492 g/mol. The molecular weight excluding hydrogens is 456 g/mol. The number of methoxy groups -OCH3 is 2. The summed E-state index contributed by atoms with van der Waals surface area (Å²) in [7, 11) is 3.40. The summed E-state index contributed by atoms with van der Waals surface area (Å²) >= 11 is 0. The molecule has 1 fully saturated rings. The first-order chi connectivity index (χ1) is 17.5. The average Bonchev–Trinajstić information content (AvgIpc) is 2.90. The van der Waals surface area contributed by atoms with Crippen molar-refractivity contribution in [3.63, 3.8) is 0 Å². The van der Waals surface area contributed by atoms with Gasteiger partial charge in [0.15, 0.2) is 11.5 Å². The predicted octanol–water partition coefficient (Wildman–Crippen LogP) is 3.71. The SMILES string of the molecule is COCCN1CCC(COc2cc3ncnc(-c4ccc(CC(C)C(N)=O)cc4)c3cc2OC)CC1. The molecule has 0 spiro atoms. The molecule has 1 saturated heterocycles. The molecular formula is C28H36N4O4. The zero-order chi connectivity index (χ0) is 25.5. The molecule has 2 N–H and O–H groups in total.